The van der Waals surface area contributed by atoms with E-state index < -0.39 is 10.0 Å². The SMILES string of the molecule is CCn1ccc(CNCCS(=O)(=O)N(C)C)c1. The fourth-order valence-electron chi connectivity index (χ4n) is 1.41. The summed E-state index contributed by atoms with van der Waals surface area (Å²) in [7, 11) is 0.0181. The summed E-state index contributed by atoms with van der Waals surface area (Å²) in [4.78, 5) is 0. The molecule has 0 atom stereocenters. The average molecular weight is 259 g/mol. The Hall–Kier alpha value is -0.850. The minimum atomic E-state index is -3.09. The highest BCUT2D eigenvalue weighted by Gasteiger charge is 2.12. The first-order valence-corrected chi connectivity index (χ1v) is 7.32. The van der Waals surface area contributed by atoms with Crippen LogP contribution in [0.25, 0.3) is 0 Å². The van der Waals surface area contributed by atoms with Crippen LogP contribution in [0.15, 0.2) is 18.5 Å². The lowest BCUT2D eigenvalue weighted by molar-refractivity contribution is 0.517. The molecule has 1 aromatic rings. The zero-order valence-corrected chi connectivity index (χ0v) is 11.5. The van der Waals surface area contributed by atoms with Crippen LogP contribution in [0.5, 0.6) is 0 Å². The smallest absolute Gasteiger partial charge is 0.214 e. The molecule has 17 heavy (non-hydrogen) atoms. The van der Waals surface area contributed by atoms with Gasteiger partial charge in [-0.25, -0.2) is 12.7 Å². The third-order valence-electron chi connectivity index (χ3n) is 2.60. The second-order valence-corrected chi connectivity index (χ2v) is 6.43. The van der Waals surface area contributed by atoms with Gasteiger partial charge in [-0.2, -0.15) is 0 Å². The molecule has 0 spiro atoms. The van der Waals surface area contributed by atoms with Gasteiger partial charge in [0.1, 0.15) is 0 Å². The van der Waals surface area contributed by atoms with Crippen LogP contribution in [0.2, 0.25) is 0 Å². The Labute approximate surface area is 103 Å². The van der Waals surface area contributed by atoms with E-state index in [0.717, 1.165) is 6.54 Å². The minimum absolute atomic E-state index is 0.133. The lowest BCUT2D eigenvalue weighted by Gasteiger charge is -2.11. The molecule has 0 aliphatic rings. The average Bonchev–Trinajstić information content (AvgIpc) is 2.72. The third-order valence-corrected chi connectivity index (χ3v) is 4.43. The van der Waals surface area contributed by atoms with Gasteiger partial charge in [0.15, 0.2) is 0 Å². The number of nitrogens with zero attached hydrogens (tertiary/aromatic N) is 2. The predicted octanol–water partition coefficient (Wildman–Crippen LogP) is 0.489. The molecule has 0 unspecified atom stereocenters. The molecule has 1 aromatic heterocycles. The van der Waals surface area contributed by atoms with Crippen LogP contribution in [0, 0.1) is 0 Å². The molecular formula is C11H21N3O2S. The van der Waals surface area contributed by atoms with Crippen molar-refractivity contribution in [2.75, 3.05) is 26.4 Å². The van der Waals surface area contributed by atoms with Crippen LogP contribution >= 0.6 is 0 Å². The summed E-state index contributed by atoms with van der Waals surface area (Å²) >= 11 is 0. The maximum Gasteiger partial charge on any atom is 0.214 e. The normalized spacial score (nSPS) is 12.2. The van der Waals surface area contributed by atoms with Gasteiger partial charge in [0.05, 0.1) is 5.75 Å². The fourth-order valence-corrected chi connectivity index (χ4v) is 2.18. The second-order valence-electron chi connectivity index (χ2n) is 4.13. The highest BCUT2D eigenvalue weighted by Crippen LogP contribution is 2.00. The number of aromatic nitrogens is 1. The van der Waals surface area contributed by atoms with Crippen LogP contribution < -0.4 is 5.32 Å². The minimum Gasteiger partial charge on any atom is -0.354 e. The van der Waals surface area contributed by atoms with Gasteiger partial charge in [-0.3, -0.25) is 0 Å². The summed E-state index contributed by atoms with van der Waals surface area (Å²) in [6.45, 7) is 4.21. The van der Waals surface area contributed by atoms with E-state index >= 15 is 0 Å². The van der Waals surface area contributed by atoms with Crippen molar-refractivity contribution >= 4 is 10.0 Å². The van der Waals surface area contributed by atoms with Crippen LogP contribution in [0.1, 0.15) is 12.5 Å². The molecule has 1 rings (SSSR count). The van der Waals surface area contributed by atoms with Crippen molar-refractivity contribution in [3.05, 3.63) is 24.0 Å². The number of aryl methyl sites for hydroxylation is 1. The molecule has 0 saturated heterocycles. The second kappa shape index (κ2) is 6.18. The van der Waals surface area contributed by atoms with Crippen molar-refractivity contribution in [1.29, 1.82) is 0 Å². The van der Waals surface area contributed by atoms with Gasteiger partial charge in [0, 0.05) is 46.1 Å². The van der Waals surface area contributed by atoms with Gasteiger partial charge in [-0.1, -0.05) is 0 Å². The number of rotatable bonds is 7. The summed E-state index contributed by atoms with van der Waals surface area (Å²) < 4.78 is 26.3. The molecule has 1 N–H and O–H groups in total. The zero-order chi connectivity index (χ0) is 12.9. The molecule has 5 nitrogen and oxygen atoms in total. The Bertz CT molecular complexity index is 437. The molecule has 98 valence electrons. The van der Waals surface area contributed by atoms with Crippen LogP contribution in [-0.4, -0.2) is 43.7 Å². The van der Waals surface area contributed by atoms with Gasteiger partial charge in [-0.05, 0) is 18.6 Å². The molecule has 0 fully saturated rings. The molecule has 0 aliphatic carbocycles. The van der Waals surface area contributed by atoms with Gasteiger partial charge < -0.3 is 9.88 Å². The first-order chi connectivity index (χ1) is 7.95. The molecule has 6 heteroatoms. The van der Waals surface area contributed by atoms with Crippen LogP contribution in [0.3, 0.4) is 0 Å². The van der Waals surface area contributed by atoms with Gasteiger partial charge >= 0.3 is 0 Å². The number of nitrogens with one attached hydrogen (secondary N) is 1. The van der Waals surface area contributed by atoms with Crippen LogP contribution in [-0.2, 0) is 23.1 Å². The summed E-state index contributed by atoms with van der Waals surface area (Å²) in [6.07, 6.45) is 4.08. The lowest BCUT2D eigenvalue weighted by atomic mass is 10.3. The lowest BCUT2D eigenvalue weighted by Crippen LogP contribution is -2.30. The molecule has 0 bridgehead atoms. The molecular weight excluding hydrogens is 238 g/mol. The highest BCUT2D eigenvalue weighted by molar-refractivity contribution is 7.89. The molecule has 0 saturated carbocycles. The topological polar surface area (TPSA) is 54.3 Å². The monoisotopic (exact) mass is 259 g/mol. The van der Waals surface area contributed by atoms with Crippen LogP contribution in [0.4, 0.5) is 0 Å². The van der Waals surface area contributed by atoms with E-state index in [0.29, 0.717) is 13.1 Å². The molecule has 0 aromatic carbocycles. The van der Waals surface area contributed by atoms with Gasteiger partial charge in [0.2, 0.25) is 10.0 Å². The van der Waals surface area contributed by atoms with Crippen molar-refractivity contribution in [1.82, 2.24) is 14.2 Å². The third kappa shape index (κ3) is 4.49. The van der Waals surface area contributed by atoms with Crippen molar-refractivity contribution in [2.45, 2.75) is 20.0 Å². The molecule has 1 heterocycles. The largest absolute Gasteiger partial charge is 0.354 e. The highest BCUT2D eigenvalue weighted by atomic mass is 32.2. The maximum absolute atomic E-state index is 11.5. The Kier molecular flexibility index (Phi) is 5.17. The molecule has 0 amide bonds. The van der Waals surface area contributed by atoms with Crippen molar-refractivity contribution in [3.63, 3.8) is 0 Å². The van der Waals surface area contributed by atoms with E-state index in [2.05, 4.69) is 23.0 Å². The van der Waals surface area contributed by atoms with Crippen molar-refractivity contribution < 1.29 is 8.42 Å². The number of hydrogen-bond acceptors (Lipinski definition) is 3. The van der Waals surface area contributed by atoms with Crippen molar-refractivity contribution in [3.8, 4) is 0 Å². The fraction of sp³-hybridized carbons (Fsp3) is 0.636. The van der Waals surface area contributed by atoms with Crippen molar-refractivity contribution in [2.24, 2.45) is 0 Å². The van der Waals surface area contributed by atoms with Gasteiger partial charge in [0.25, 0.3) is 0 Å². The van der Waals surface area contributed by atoms with E-state index in [-0.39, 0.29) is 5.75 Å². The predicted molar refractivity (Wildman–Crippen MR) is 69.3 cm³/mol. The van der Waals surface area contributed by atoms with E-state index in [1.54, 1.807) is 14.1 Å². The summed E-state index contributed by atoms with van der Waals surface area (Å²) in [6, 6.07) is 2.04. The first kappa shape index (κ1) is 14.2. The van der Waals surface area contributed by atoms with E-state index in [1.807, 2.05) is 12.3 Å². The summed E-state index contributed by atoms with van der Waals surface area (Å²) in [5.74, 6) is 0.133. The summed E-state index contributed by atoms with van der Waals surface area (Å²) in [5.41, 5.74) is 1.18. The van der Waals surface area contributed by atoms with Gasteiger partial charge in [-0.15, -0.1) is 0 Å². The zero-order valence-electron chi connectivity index (χ0n) is 10.7. The Balaban J connectivity index is 2.29. The summed E-state index contributed by atoms with van der Waals surface area (Å²) in [5, 5.41) is 3.13. The maximum atomic E-state index is 11.5. The molecule has 0 radical (unpaired) electrons. The Morgan fingerprint density at radius 2 is 2.12 bits per heavy atom. The first-order valence-electron chi connectivity index (χ1n) is 5.71. The van der Waals surface area contributed by atoms with E-state index in [9.17, 15) is 8.42 Å². The number of sulfonamides is 1. The Morgan fingerprint density at radius 3 is 2.65 bits per heavy atom. The standard InChI is InChI=1S/C11H21N3O2S/c1-4-14-7-5-11(10-14)9-12-6-8-17(15,16)13(2)3/h5,7,10,12H,4,6,8-9H2,1-3H3. The quantitative estimate of drug-likeness (QED) is 0.725. The van der Waals surface area contributed by atoms with E-state index in [1.165, 1.54) is 9.87 Å². The Morgan fingerprint density at radius 1 is 1.41 bits per heavy atom. The number of hydrogen-bond donors (Lipinski definition) is 1. The molecule has 0 aliphatic heterocycles. The van der Waals surface area contributed by atoms with E-state index in [4.69, 9.17) is 0 Å².